The number of nitrogens with one attached hydrogen (secondary N) is 1. The van der Waals surface area contributed by atoms with E-state index in [1.807, 2.05) is 6.07 Å². The zero-order valence-electron chi connectivity index (χ0n) is 15.9. The standard InChI is InChI=1S/C21H23NO6/c1-12-9-16(13(2)18(10-12)28-14(3)23)20(25)22-17(19(24)21(26)27)11-15-7-5-4-6-8-15/h4-10,17,19,24H,11H2,1-3H3,(H,22,25)(H,26,27)/t17-,19?/m0/s1. The molecule has 28 heavy (non-hydrogen) atoms. The molecule has 148 valence electrons. The van der Waals surface area contributed by atoms with Crippen molar-refractivity contribution in [2.75, 3.05) is 0 Å². The SMILES string of the molecule is CC(=O)Oc1cc(C)cc(C(=O)N[C@@H](Cc2ccccc2)C(O)C(=O)O)c1C. The van der Waals surface area contributed by atoms with Gasteiger partial charge in [0.05, 0.1) is 6.04 Å². The number of esters is 1. The van der Waals surface area contributed by atoms with Gasteiger partial charge in [0.1, 0.15) is 5.75 Å². The van der Waals surface area contributed by atoms with E-state index >= 15 is 0 Å². The van der Waals surface area contributed by atoms with Crippen LogP contribution >= 0.6 is 0 Å². The number of ether oxygens (including phenoxy) is 1. The van der Waals surface area contributed by atoms with Gasteiger partial charge in [-0.25, -0.2) is 4.79 Å². The third kappa shape index (κ3) is 5.40. The third-order valence-electron chi connectivity index (χ3n) is 4.25. The van der Waals surface area contributed by atoms with Crippen molar-refractivity contribution in [3.8, 4) is 5.75 Å². The fourth-order valence-corrected chi connectivity index (χ4v) is 2.85. The van der Waals surface area contributed by atoms with Crippen LogP contribution in [-0.4, -0.2) is 40.2 Å². The summed E-state index contributed by atoms with van der Waals surface area (Å²) in [6.07, 6.45) is -1.64. The van der Waals surface area contributed by atoms with Gasteiger partial charge in [-0.15, -0.1) is 0 Å². The number of hydrogen-bond acceptors (Lipinski definition) is 5. The summed E-state index contributed by atoms with van der Waals surface area (Å²) in [4.78, 5) is 35.4. The van der Waals surface area contributed by atoms with Gasteiger partial charge >= 0.3 is 11.9 Å². The lowest BCUT2D eigenvalue weighted by atomic mass is 9.99. The maximum Gasteiger partial charge on any atom is 0.334 e. The van der Waals surface area contributed by atoms with Crippen LogP contribution in [0.2, 0.25) is 0 Å². The number of aryl methyl sites for hydroxylation is 1. The number of carboxylic acid groups (broad SMARTS) is 1. The Morgan fingerprint density at radius 3 is 2.32 bits per heavy atom. The Balaban J connectivity index is 2.31. The molecule has 0 fully saturated rings. The number of benzene rings is 2. The summed E-state index contributed by atoms with van der Waals surface area (Å²) < 4.78 is 5.14. The molecule has 0 bridgehead atoms. The molecule has 2 atom stereocenters. The van der Waals surface area contributed by atoms with E-state index in [2.05, 4.69) is 5.32 Å². The monoisotopic (exact) mass is 385 g/mol. The Morgan fingerprint density at radius 2 is 1.75 bits per heavy atom. The number of aliphatic hydroxyl groups excluding tert-OH is 1. The van der Waals surface area contributed by atoms with Gasteiger partial charge in [-0.1, -0.05) is 30.3 Å². The van der Waals surface area contributed by atoms with Crippen LogP contribution in [-0.2, 0) is 16.0 Å². The summed E-state index contributed by atoms with van der Waals surface area (Å²) in [5, 5.41) is 21.9. The number of carboxylic acids is 1. The van der Waals surface area contributed by atoms with Gasteiger partial charge in [-0.05, 0) is 43.5 Å². The van der Waals surface area contributed by atoms with Gasteiger partial charge in [-0.2, -0.15) is 0 Å². The van der Waals surface area contributed by atoms with E-state index in [9.17, 15) is 24.6 Å². The van der Waals surface area contributed by atoms with E-state index in [-0.39, 0.29) is 17.7 Å². The first-order valence-electron chi connectivity index (χ1n) is 8.74. The molecule has 0 aliphatic carbocycles. The molecule has 0 saturated heterocycles. The first-order valence-corrected chi connectivity index (χ1v) is 8.74. The van der Waals surface area contributed by atoms with Crippen molar-refractivity contribution in [3.63, 3.8) is 0 Å². The Morgan fingerprint density at radius 1 is 1.11 bits per heavy atom. The topological polar surface area (TPSA) is 113 Å². The average molecular weight is 385 g/mol. The summed E-state index contributed by atoms with van der Waals surface area (Å²) in [6, 6.07) is 11.2. The Bertz CT molecular complexity index is 878. The van der Waals surface area contributed by atoms with Crippen LogP contribution in [0.5, 0.6) is 5.75 Å². The highest BCUT2D eigenvalue weighted by atomic mass is 16.5. The van der Waals surface area contributed by atoms with E-state index < -0.39 is 30.0 Å². The van der Waals surface area contributed by atoms with Gasteiger partial charge in [0, 0.05) is 18.1 Å². The molecule has 7 nitrogen and oxygen atoms in total. The Hall–Kier alpha value is -3.19. The lowest BCUT2D eigenvalue weighted by Gasteiger charge is -2.22. The molecule has 2 aromatic carbocycles. The summed E-state index contributed by atoms with van der Waals surface area (Å²) in [5.41, 5.74) is 2.16. The van der Waals surface area contributed by atoms with Crippen molar-refractivity contribution in [2.45, 2.75) is 39.3 Å². The largest absolute Gasteiger partial charge is 0.479 e. The first-order chi connectivity index (χ1) is 13.2. The average Bonchev–Trinajstić information content (AvgIpc) is 2.63. The summed E-state index contributed by atoms with van der Waals surface area (Å²) in [7, 11) is 0. The zero-order chi connectivity index (χ0) is 20.8. The van der Waals surface area contributed by atoms with Crippen LogP contribution in [0.1, 0.15) is 34.0 Å². The number of hydrogen-bond donors (Lipinski definition) is 3. The molecule has 1 amide bonds. The van der Waals surface area contributed by atoms with E-state index in [0.717, 1.165) is 5.56 Å². The molecule has 0 radical (unpaired) electrons. The van der Waals surface area contributed by atoms with Gasteiger partial charge in [0.2, 0.25) is 0 Å². The molecule has 0 aliphatic rings. The molecule has 0 saturated carbocycles. The fourth-order valence-electron chi connectivity index (χ4n) is 2.85. The minimum Gasteiger partial charge on any atom is -0.479 e. The number of aliphatic hydroxyl groups is 1. The molecule has 0 aliphatic heterocycles. The van der Waals surface area contributed by atoms with Crippen LogP contribution in [0.25, 0.3) is 0 Å². The van der Waals surface area contributed by atoms with Crippen molar-refractivity contribution in [3.05, 3.63) is 64.7 Å². The minimum atomic E-state index is -1.78. The van der Waals surface area contributed by atoms with E-state index in [1.165, 1.54) is 6.92 Å². The number of carbonyl (C=O) groups excluding carboxylic acids is 2. The number of rotatable bonds is 7. The van der Waals surface area contributed by atoms with E-state index in [0.29, 0.717) is 11.1 Å². The second-order valence-electron chi connectivity index (χ2n) is 6.58. The smallest absolute Gasteiger partial charge is 0.334 e. The first kappa shape index (κ1) is 21.1. The van der Waals surface area contributed by atoms with Crippen molar-refractivity contribution in [1.82, 2.24) is 5.32 Å². The van der Waals surface area contributed by atoms with Crippen molar-refractivity contribution >= 4 is 17.8 Å². The highest BCUT2D eigenvalue weighted by Gasteiger charge is 2.28. The van der Waals surface area contributed by atoms with Gasteiger partial charge in [0.25, 0.3) is 5.91 Å². The summed E-state index contributed by atoms with van der Waals surface area (Å²) in [5.74, 6) is -2.24. The van der Waals surface area contributed by atoms with Crippen LogP contribution in [0, 0.1) is 13.8 Å². The van der Waals surface area contributed by atoms with Crippen molar-refractivity contribution in [2.24, 2.45) is 0 Å². The highest BCUT2D eigenvalue weighted by Crippen LogP contribution is 2.24. The molecule has 7 heteroatoms. The number of amides is 1. The predicted molar refractivity (Wildman–Crippen MR) is 102 cm³/mol. The molecular formula is C21H23NO6. The molecular weight excluding hydrogens is 362 g/mol. The second-order valence-corrected chi connectivity index (χ2v) is 6.58. The minimum absolute atomic E-state index is 0.141. The normalized spacial score (nSPS) is 12.7. The van der Waals surface area contributed by atoms with Crippen LogP contribution in [0.15, 0.2) is 42.5 Å². The molecule has 1 unspecified atom stereocenters. The van der Waals surface area contributed by atoms with Crippen LogP contribution in [0.3, 0.4) is 0 Å². The van der Waals surface area contributed by atoms with Gasteiger partial charge in [-0.3, -0.25) is 9.59 Å². The molecule has 0 aromatic heterocycles. The third-order valence-corrected chi connectivity index (χ3v) is 4.25. The van der Waals surface area contributed by atoms with E-state index in [1.54, 1.807) is 50.2 Å². The maximum absolute atomic E-state index is 12.8. The molecule has 0 spiro atoms. The predicted octanol–water partition coefficient (Wildman–Crippen LogP) is 2.02. The zero-order valence-corrected chi connectivity index (χ0v) is 15.9. The fraction of sp³-hybridized carbons (Fsp3) is 0.286. The quantitative estimate of drug-likeness (QED) is 0.496. The lowest BCUT2D eigenvalue weighted by Crippen LogP contribution is -2.48. The lowest BCUT2D eigenvalue weighted by molar-refractivity contribution is -0.148. The Labute approximate surface area is 163 Å². The molecule has 2 aromatic rings. The molecule has 2 rings (SSSR count). The van der Waals surface area contributed by atoms with E-state index in [4.69, 9.17) is 4.74 Å². The number of carbonyl (C=O) groups is 3. The van der Waals surface area contributed by atoms with Crippen LogP contribution < -0.4 is 10.1 Å². The highest BCUT2D eigenvalue weighted by molar-refractivity contribution is 5.97. The van der Waals surface area contributed by atoms with Gasteiger partial charge < -0.3 is 20.3 Å². The second kappa shape index (κ2) is 9.14. The molecule has 0 heterocycles. The van der Waals surface area contributed by atoms with Gasteiger partial charge in [0.15, 0.2) is 6.10 Å². The van der Waals surface area contributed by atoms with Crippen LogP contribution in [0.4, 0.5) is 0 Å². The summed E-state index contributed by atoms with van der Waals surface area (Å²) >= 11 is 0. The maximum atomic E-state index is 12.8. The molecule has 3 N–H and O–H groups in total. The number of aliphatic carboxylic acids is 1. The Kier molecular flexibility index (Phi) is 6.89. The van der Waals surface area contributed by atoms with Crippen molar-refractivity contribution in [1.29, 1.82) is 0 Å². The van der Waals surface area contributed by atoms with Crippen molar-refractivity contribution < 1.29 is 29.3 Å². The summed E-state index contributed by atoms with van der Waals surface area (Å²) in [6.45, 7) is 4.64.